The average Bonchev–Trinajstić information content (AvgIpc) is 2.88. The molecule has 6 fully saturated rings. The maximum absolute atomic E-state index is 11.2. The SMILES string of the molecule is C[C@@]1(CO)C[C@@H](O)C[C@]2(C)[C@@H]1[C@H](O)C[C@@]13C[C@H]4[C@@H](C[C@H]12)[C@@]4(C)C3. The Bertz CT molecular complexity index is 563. The van der Waals surface area contributed by atoms with Crippen LogP contribution in [0.25, 0.3) is 0 Å². The zero-order valence-electron chi connectivity index (χ0n) is 14.8. The summed E-state index contributed by atoms with van der Waals surface area (Å²) in [5, 5.41) is 31.9. The highest BCUT2D eigenvalue weighted by Crippen LogP contribution is 2.85. The lowest BCUT2D eigenvalue weighted by molar-refractivity contribution is -0.235. The Morgan fingerprint density at radius 1 is 0.913 bits per heavy atom. The van der Waals surface area contributed by atoms with E-state index in [2.05, 4.69) is 20.8 Å². The molecule has 4 bridgehead atoms. The Morgan fingerprint density at radius 3 is 2.26 bits per heavy atom. The number of hydrogen-bond donors (Lipinski definition) is 3. The molecule has 0 unspecified atom stereocenters. The maximum Gasteiger partial charge on any atom is 0.0585 e. The van der Waals surface area contributed by atoms with Gasteiger partial charge in [0, 0.05) is 6.61 Å². The van der Waals surface area contributed by atoms with E-state index in [-0.39, 0.29) is 35.6 Å². The third kappa shape index (κ3) is 1.54. The highest BCUT2D eigenvalue weighted by molar-refractivity contribution is 5.28. The molecule has 0 radical (unpaired) electrons. The van der Waals surface area contributed by atoms with E-state index >= 15 is 0 Å². The summed E-state index contributed by atoms with van der Waals surface area (Å²) >= 11 is 0. The third-order valence-corrected chi connectivity index (χ3v) is 9.66. The van der Waals surface area contributed by atoms with Gasteiger partial charge in [0.05, 0.1) is 12.2 Å². The number of fused-ring (bicyclic) bond motifs is 1. The second-order valence-corrected chi connectivity index (χ2v) is 10.9. The van der Waals surface area contributed by atoms with Crippen molar-refractivity contribution in [1.29, 1.82) is 0 Å². The van der Waals surface area contributed by atoms with Gasteiger partial charge in [0.2, 0.25) is 0 Å². The van der Waals surface area contributed by atoms with Crippen LogP contribution in [-0.4, -0.2) is 34.1 Å². The number of aliphatic hydroxyl groups is 3. The smallest absolute Gasteiger partial charge is 0.0585 e. The lowest BCUT2D eigenvalue weighted by atomic mass is 9.38. The fourth-order valence-corrected chi connectivity index (χ4v) is 9.27. The molecule has 23 heavy (non-hydrogen) atoms. The van der Waals surface area contributed by atoms with E-state index in [1.54, 1.807) is 0 Å². The first kappa shape index (κ1) is 15.2. The summed E-state index contributed by atoms with van der Waals surface area (Å²) in [4.78, 5) is 0. The molecule has 6 saturated carbocycles. The van der Waals surface area contributed by atoms with Gasteiger partial charge in [0.25, 0.3) is 0 Å². The standard InChI is InChI=1S/C20H32O3/c1-17(10-21)5-11(22)6-18(2)15-4-12-13-7-20(15,9-19(12,13)3)8-14(23)16(17)18/h11-16,21-23H,4-10H2,1-3H3/t11-,12-,13+,14-,15+,16-,17+,18+,19-,20-/m1/s1. The van der Waals surface area contributed by atoms with Crippen molar-refractivity contribution in [2.75, 3.05) is 6.61 Å². The minimum atomic E-state index is -0.346. The molecule has 10 atom stereocenters. The summed E-state index contributed by atoms with van der Waals surface area (Å²) in [6.07, 6.45) is 5.62. The molecule has 6 aliphatic rings. The fourth-order valence-electron chi connectivity index (χ4n) is 9.27. The summed E-state index contributed by atoms with van der Waals surface area (Å²) in [5.74, 6) is 2.55. The van der Waals surface area contributed by atoms with Gasteiger partial charge in [-0.3, -0.25) is 0 Å². The van der Waals surface area contributed by atoms with Gasteiger partial charge in [-0.15, -0.1) is 0 Å². The monoisotopic (exact) mass is 320 g/mol. The summed E-state index contributed by atoms with van der Waals surface area (Å²) in [6, 6.07) is 0. The Hall–Kier alpha value is -0.120. The molecule has 0 aromatic rings. The van der Waals surface area contributed by atoms with Crippen LogP contribution in [0, 0.1) is 45.3 Å². The zero-order valence-corrected chi connectivity index (χ0v) is 14.8. The summed E-state index contributed by atoms with van der Waals surface area (Å²) in [5.41, 5.74) is 0.502. The van der Waals surface area contributed by atoms with E-state index in [1.165, 1.54) is 19.3 Å². The van der Waals surface area contributed by atoms with E-state index in [9.17, 15) is 15.3 Å². The zero-order chi connectivity index (χ0) is 16.4. The highest BCUT2D eigenvalue weighted by Gasteiger charge is 2.79. The first-order valence-electron chi connectivity index (χ1n) is 9.66. The largest absolute Gasteiger partial charge is 0.396 e. The minimum absolute atomic E-state index is 0.0261. The van der Waals surface area contributed by atoms with Crippen LogP contribution in [0.2, 0.25) is 0 Å². The molecular weight excluding hydrogens is 288 g/mol. The molecule has 1 spiro atoms. The molecule has 3 nitrogen and oxygen atoms in total. The van der Waals surface area contributed by atoms with Crippen LogP contribution in [0.1, 0.15) is 59.3 Å². The van der Waals surface area contributed by atoms with Crippen molar-refractivity contribution in [3.8, 4) is 0 Å². The Kier molecular flexibility index (Phi) is 2.63. The first-order chi connectivity index (χ1) is 10.7. The van der Waals surface area contributed by atoms with Gasteiger partial charge in [0.1, 0.15) is 0 Å². The van der Waals surface area contributed by atoms with Crippen LogP contribution in [0.15, 0.2) is 0 Å². The normalized spacial score (nSPS) is 69.1. The van der Waals surface area contributed by atoms with Crippen molar-refractivity contribution >= 4 is 0 Å². The molecule has 0 heterocycles. The lowest BCUT2D eigenvalue weighted by Gasteiger charge is -2.67. The molecule has 3 heteroatoms. The first-order valence-corrected chi connectivity index (χ1v) is 9.66. The van der Waals surface area contributed by atoms with Gasteiger partial charge in [0.15, 0.2) is 0 Å². The van der Waals surface area contributed by atoms with Gasteiger partial charge in [-0.05, 0) is 83.9 Å². The number of hydrogen-bond acceptors (Lipinski definition) is 3. The molecule has 0 aromatic carbocycles. The molecule has 3 N–H and O–H groups in total. The molecule has 0 saturated heterocycles. The number of rotatable bonds is 1. The Labute approximate surface area is 139 Å². The van der Waals surface area contributed by atoms with Crippen molar-refractivity contribution < 1.29 is 15.3 Å². The highest BCUT2D eigenvalue weighted by atomic mass is 16.3. The molecule has 6 aliphatic carbocycles. The predicted octanol–water partition coefficient (Wildman–Crippen LogP) is 2.58. The van der Waals surface area contributed by atoms with E-state index < -0.39 is 0 Å². The molecule has 130 valence electrons. The summed E-state index contributed by atoms with van der Waals surface area (Å²) in [7, 11) is 0. The molecule has 6 rings (SSSR count). The van der Waals surface area contributed by atoms with E-state index in [0.717, 1.165) is 24.7 Å². The van der Waals surface area contributed by atoms with Crippen molar-refractivity contribution in [2.45, 2.75) is 71.5 Å². The summed E-state index contributed by atoms with van der Waals surface area (Å²) < 4.78 is 0. The summed E-state index contributed by atoms with van der Waals surface area (Å²) in [6.45, 7) is 6.97. The Morgan fingerprint density at radius 2 is 1.65 bits per heavy atom. The van der Waals surface area contributed by atoms with Crippen molar-refractivity contribution in [2.24, 2.45) is 45.3 Å². The van der Waals surface area contributed by atoms with Crippen molar-refractivity contribution in [1.82, 2.24) is 0 Å². The van der Waals surface area contributed by atoms with Crippen LogP contribution < -0.4 is 0 Å². The van der Waals surface area contributed by atoms with Gasteiger partial charge in [-0.1, -0.05) is 20.8 Å². The number of aliphatic hydroxyl groups excluding tert-OH is 3. The topological polar surface area (TPSA) is 60.7 Å². The predicted molar refractivity (Wildman–Crippen MR) is 87.5 cm³/mol. The van der Waals surface area contributed by atoms with Crippen LogP contribution in [0.4, 0.5) is 0 Å². The lowest BCUT2D eigenvalue weighted by Crippen LogP contribution is -2.65. The molecular formula is C20H32O3. The third-order valence-electron chi connectivity index (χ3n) is 9.66. The van der Waals surface area contributed by atoms with Gasteiger partial charge in [-0.2, -0.15) is 0 Å². The van der Waals surface area contributed by atoms with Gasteiger partial charge >= 0.3 is 0 Å². The quantitative estimate of drug-likeness (QED) is 0.696. The van der Waals surface area contributed by atoms with Gasteiger partial charge < -0.3 is 15.3 Å². The van der Waals surface area contributed by atoms with Crippen LogP contribution >= 0.6 is 0 Å². The maximum atomic E-state index is 11.2. The van der Waals surface area contributed by atoms with Crippen LogP contribution in [-0.2, 0) is 0 Å². The molecule has 0 amide bonds. The molecule has 0 aromatic heterocycles. The Balaban J connectivity index is 1.60. The van der Waals surface area contributed by atoms with E-state index in [4.69, 9.17) is 0 Å². The minimum Gasteiger partial charge on any atom is -0.396 e. The van der Waals surface area contributed by atoms with Crippen molar-refractivity contribution in [3.05, 3.63) is 0 Å². The second-order valence-electron chi connectivity index (χ2n) is 10.9. The second kappa shape index (κ2) is 3.99. The van der Waals surface area contributed by atoms with E-state index in [1.807, 2.05) is 0 Å². The van der Waals surface area contributed by atoms with Gasteiger partial charge in [-0.25, -0.2) is 0 Å². The van der Waals surface area contributed by atoms with Crippen LogP contribution in [0.5, 0.6) is 0 Å². The van der Waals surface area contributed by atoms with Crippen molar-refractivity contribution in [3.63, 3.8) is 0 Å². The van der Waals surface area contributed by atoms with E-state index in [0.29, 0.717) is 23.2 Å². The van der Waals surface area contributed by atoms with Crippen LogP contribution in [0.3, 0.4) is 0 Å². The molecule has 0 aliphatic heterocycles. The fraction of sp³-hybridized carbons (Fsp3) is 1.00. The average molecular weight is 320 g/mol.